The molecule has 1 nitrogen and oxygen atoms in total. The van der Waals surface area contributed by atoms with Crippen LogP contribution >= 0.6 is 27.5 Å². The van der Waals surface area contributed by atoms with Crippen molar-refractivity contribution in [3.63, 3.8) is 0 Å². The van der Waals surface area contributed by atoms with Crippen LogP contribution in [-0.2, 0) is 6.42 Å². The molecule has 0 saturated carbocycles. The first-order valence-electron chi connectivity index (χ1n) is 4.49. The third-order valence-electron chi connectivity index (χ3n) is 1.92. The highest BCUT2D eigenvalue weighted by atomic mass is 79.9. The zero-order valence-corrected chi connectivity index (χ0v) is 10.5. The summed E-state index contributed by atoms with van der Waals surface area (Å²) in [5.74, 6) is 0. The molecular formula is C11H13BrClN. The van der Waals surface area contributed by atoms with Crippen LogP contribution in [0.5, 0.6) is 0 Å². The Kier molecular flexibility index (Phi) is 4.49. The van der Waals surface area contributed by atoms with Gasteiger partial charge in [0.2, 0.25) is 0 Å². The SMILES string of the molecule is C=C(Cl)CNc1ccc(Br)cc1CC. The van der Waals surface area contributed by atoms with Gasteiger partial charge >= 0.3 is 0 Å². The Labute approximate surface area is 98.3 Å². The standard InChI is InChI=1S/C11H13BrClN/c1-3-9-6-10(12)4-5-11(9)14-7-8(2)13/h4-6,14H,2-3,7H2,1H3. The molecule has 1 rings (SSSR count). The fraction of sp³-hybridized carbons (Fsp3) is 0.273. The lowest BCUT2D eigenvalue weighted by Crippen LogP contribution is -2.03. The molecule has 0 bridgehead atoms. The number of halogens is 2. The Morgan fingerprint density at radius 2 is 2.29 bits per heavy atom. The molecule has 14 heavy (non-hydrogen) atoms. The van der Waals surface area contributed by atoms with Crippen LogP contribution in [0.25, 0.3) is 0 Å². The first kappa shape index (κ1) is 11.6. The Morgan fingerprint density at radius 1 is 1.57 bits per heavy atom. The van der Waals surface area contributed by atoms with Crippen molar-refractivity contribution in [3.05, 3.63) is 39.8 Å². The van der Waals surface area contributed by atoms with E-state index in [-0.39, 0.29) is 0 Å². The van der Waals surface area contributed by atoms with Gasteiger partial charge in [-0.3, -0.25) is 0 Å². The molecule has 0 saturated heterocycles. The smallest absolute Gasteiger partial charge is 0.0502 e. The first-order chi connectivity index (χ1) is 6.63. The lowest BCUT2D eigenvalue weighted by molar-refractivity contribution is 1.12. The summed E-state index contributed by atoms with van der Waals surface area (Å²) in [6.07, 6.45) is 0.997. The van der Waals surface area contributed by atoms with Gasteiger partial charge in [-0.1, -0.05) is 41.0 Å². The highest BCUT2D eigenvalue weighted by Crippen LogP contribution is 2.21. The third-order valence-corrected chi connectivity index (χ3v) is 2.55. The number of anilines is 1. The summed E-state index contributed by atoms with van der Waals surface area (Å²) in [4.78, 5) is 0. The van der Waals surface area contributed by atoms with E-state index < -0.39 is 0 Å². The van der Waals surface area contributed by atoms with E-state index in [4.69, 9.17) is 11.6 Å². The van der Waals surface area contributed by atoms with Crippen molar-refractivity contribution in [2.45, 2.75) is 13.3 Å². The van der Waals surface area contributed by atoms with Crippen LogP contribution in [0, 0.1) is 0 Å². The summed E-state index contributed by atoms with van der Waals surface area (Å²) >= 11 is 9.13. The maximum atomic E-state index is 5.69. The van der Waals surface area contributed by atoms with E-state index in [0.29, 0.717) is 11.6 Å². The maximum absolute atomic E-state index is 5.69. The van der Waals surface area contributed by atoms with E-state index in [1.807, 2.05) is 12.1 Å². The number of aryl methyl sites for hydroxylation is 1. The fourth-order valence-electron chi connectivity index (χ4n) is 1.22. The summed E-state index contributed by atoms with van der Waals surface area (Å²) in [6.45, 7) is 6.37. The highest BCUT2D eigenvalue weighted by Gasteiger charge is 2.00. The summed E-state index contributed by atoms with van der Waals surface area (Å²) in [5.41, 5.74) is 2.40. The number of hydrogen-bond donors (Lipinski definition) is 1. The van der Waals surface area contributed by atoms with E-state index >= 15 is 0 Å². The molecule has 0 fully saturated rings. The zero-order chi connectivity index (χ0) is 10.6. The Bertz CT molecular complexity index is 336. The van der Waals surface area contributed by atoms with E-state index in [9.17, 15) is 0 Å². The van der Waals surface area contributed by atoms with Crippen LogP contribution < -0.4 is 5.32 Å². The molecule has 1 aromatic carbocycles. The van der Waals surface area contributed by atoms with Crippen LogP contribution in [0.4, 0.5) is 5.69 Å². The molecule has 0 amide bonds. The van der Waals surface area contributed by atoms with Crippen molar-refractivity contribution in [2.24, 2.45) is 0 Å². The molecule has 76 valence electrons. The molecule has 3 heteroatoms. The minimum absolute atomic E-state index is 0.607. The molecular weight excluding hydrogens is 261 g/mol. The van der Waals surface area contributed by atoms with Gasteiger partial charge in [-0.25, -0.2) is 0 Å². The fourth-order valence-corrected chi connectivity index (χ4v) is 1.69. The van der Waals surface area contributed by atoms with Gasteiger partial charge in [-0.2, -0.15) is 0 Å². The quantitative estimate of drug-likeness (QED) is 0.869. The van der Waals surface area contributed by atoms with Crippen LogP contribution in [0.1, 0.15) is 12.5 Å². The van der Waals surface area contributed by atoms with E-state index in [0.717, 1.165) is 16.6 Å². The second-order valence-electron chi connectivity index (χ2n) is 3.03. The van der Waals surface area contributed by atoms with E-state index in [1.165, 1.54) is 5.56 Å². The van der Waals surface area contributed by atoms with Crippen LogP contribution in [0.2, 0.25) is 0 Å². The van der Waals surface area contributed by atoms with Gasteiger partial charge in [0.05, 0.1) is 6.54 Å². The van der Waals surface area contributed by atoms with Gasteiger partial charge in [0.25, 0.3) is 0 Å². The second-order valence-corrected chi connectivity index (χ2v) is 4.48. The van der Waals surface area contributed by atoms with Crippen LogP contribution in [0.3, 0.4) is 0 Å². The molecule has 0 heterocycles. The van der Waals surface area contributed by atoms with Crippen LogP contribution in [-0.4, -0.2) is 6.54 Å². The summed E-state index contributed by atoms with van der Waals surface area (Å²) in [6, 6.07) is 6.17. The predicted molar refractivity (Wildman–Crippen MR) is 67.0 cm³/mol. The monoisotopic (exact) mass is 273 g/mol. The average Bonchev–Trinajstić information content (AvgIpc) is 2.15. The van der Waals surface area contributed by atoms with Gasteiger partial charge < -0.3 is 5.32 Å². The van der Waals surface area contributed by atoms with E-state index in [2.05, 4.69) is 40.8 Å². The average molecular weight is 275 g/mol. The number of hydrogen-bond acceptors (Lipinski definition) is 1. The van der Waals surface area contributed by atoms with Gasteiger partial charge in [0, 0.05) is 15.2 Å². The van der Waals surface area contributed by atoms with Crippen molar-refractivity contribution in [1.82, 2.24) is 0 Å². The third kappa shape index (κ3) is 3.35. The minimum Gasteiger partial charge on any atom is -0.380 e. The van der Waals surface area contributed by atoms with Crippen molar-refractivity contribution in [2.75, 3.05) is 11.9 Å². The topological polar surface area (TPSA) is 12.0 Å². The van der Waals surface area contributed by atoms with Crippen molar-refractivity contribution in [3.8, 4) is 0 Å². The van der Waals surface area contributed by atoms with Crippen molar-refractivity contribution in [1.29, 1.82) is 0 Å². The van der Waals surface area contributed by atoms with Gasteiger partial charge in [-0.15, -0.1) is 0 Å². The largest absolute Gasteiger partial charge is 0.380 e. The van der Waals surface area contributed by atoms with Gasteiger partial charge in [0.15, 0.2) is 0 Å². The zero-order valence-electron chi connectivity index (χ0n) is 8.11. The van der Waals surface area contributed by atoms with Crippen molar-refractivity contribution < 1.29 is 0 Å². The molecule has 0 aromatic heterocycles. The second kappa shape index (κ2) is 5.42. The van der Waals surface area contributed by atoms with Gasteiger partial charge in [-0.05, 0) is 30.2 Å². The molecule has 0 aliphatic carbocycles. The lowest BCUT2D eigenvalue weighted by atomic mass is 10.1. The first-order valence-corrected chi connectivity index (χ1v) is 5.66. The minimum atomic E-state index is 0.607. The maximum Gasteiger partial charge on any atom is 0.0502 e. The van der Waals surface area contributed by atoms with Gasteiger partial charge in [0.1, 0.15) is 0 Å². The summed E-state index contributed by atoms with van der Waals surface area (Å²) < 4.78 is 1.10. The number of rotatable bonds is 4. The molecule has 0 radical (unpaired) electrons. The number of nitrogens with one attached hydrogen (secondary N) is 1. The molecule has 1 N–H and O–H groups in total. The Hall–Kier alpha value is -0.470. The molecule has 0 unspecified atom stereocenters. The Morgan fingerprint density at radius 3 is 2.86 bits per heavy atom. The normalized spacial score (nSPS) is 9.93. The Balaban J connectivity index is 2.80. The van der Waals surface area contributed by atoms with Crippen LogP contribution in [0.15, 0.2) is 34.3 Å². The highest BCUT2D eigenvalue weighted by molar-refractivity contribution is 9.10. The summed E-state index contributed by atoms with van der Waals surface area (Å²) in [5, 5.41) is 3.86. The van der Waals surface area contributed by atoms with Crippen molar-refractivity contribution >= 4 is 33.2 Å². The number of benzene rings is 1. The molecule has 0 atom stereocenters. The molecule has 1 aromatic rings. The summed E-state index contributed by atoms with van der Waals surface area (Å²) in [7, 11) is 0. The predicted octanol–water partition coefficient (Wildman–Crippen LogP) is 4.18. The van der Waals surface area contributed by atoms with E-state index in [1.54, 1.807) is 0 Å². The molecule has 0 spiro atoms. The molecule has 0 aliphatic heterocycles. The lowest BCUT2D eigenvalue weighted by Gasteiger charge is -2.10. The molecule has 0 aliphatic rings.